The maximum atomic E-state index is 13.1. The van der Waals surface area contributed by atoms with Crippen molar-refractivity contribution in [3.05, 3.63) is 59.2 Å². The van der Waals surface area contributed by atoms with E-state index < -0.39 is 0 Å². The largest absolute Gasteiger partial charge is 0.285 e. The molecule has 136 valence electrons. The highest BCUT2D eigenvalue weighted by Gasteiger charge is 2.36. The number of amidine groups is 1. The minimum atomic E-state index is -0.239. The Bertz CT molecular complexity index is 885. The molecule has 0 amide bonds. The van der Waals surface area contributed by atoms with Gasteiger partial charge in [-0.2, -0.15) is 0 Å². The number of hydrogen-bond acceptors (Lipinski definition) is 4. The van der Waals surface area contributed by atoms with Gasteiger partial charge >= 0.3 is 0 Å². The van der Waals surface area contributed by atoms with Crippen molar-refractivity contribution in [3.8, 4) is 0 Å². The van der Waals surface area contributed by atoms with Crippen LogP contribution in [-0.4, -0.2) is 16.8 Å². The summed E-state index contributed by atoms with van der Waals surface area (Å²) >= 11 is 0. The molecule has 1 heterocycles. The number of fused-ring (bicyclic) bond motifs is 1. The molecule has 3 rings (SSSR count). The van der Waals surface area contributed by atoms with Crippen LogP contribution in [0, 0.1) is 0 Å². The molecule has 0 radical (unpaired) electrons. The number of hydrogen-bond donors (Lipinski definition) is 1. The molecule has 1 aliphatic heterocycles. The van der Waals surface area contributed by atoms with Crippen LogP contribution in [0.25, 0.3) is 0 Å². The number of nitrogens with zero attached hydrogens (tertiary/aromatic N) is 2. The van der Waals surface area contributed by atoms with E-state index in [4.69, 9.17) is 0 Å². The van der Waals surface area contributed by atoms with Gasteiger partial charge in [-0.05, 0) is 40.2 Å². The molecular weight excluding hydrogens is 324 g/mol. The zero-order chi connectivity index (χ0) is 19.3. The molecule has 1 aliphatic rings. The lowest BCUT2D eigenvalue weighted by molar-refractivity contribution is 0.105. The Morgan fingerprint density at radius 3 is 2.08 bits per heavy atom. The third-order valence-electron chi connectivity index (χ3n) is 4.65. The standard InChI is InChI=1S/C22H26N2O2/c1-21(2,3)14-12-16(22(4,5)6)18-17(13-14)23-20(19(18)25)24(26)15-10-8-7-9-11-15/h7-13,26H,1-6H3. The molecule has 2 aromatic carbocycles. The van der Waals surface area contributed by atoms with E-state index in [0.717, 1.165) is 16.2 Å². The number of para-hydroxylation sites is 1. The maximum Gasteiger partial charge on any atom is 0.233 e. The third-order valence-corrected chi connectivity index (χ3v) is 4.65. The maximum absolute atomic E-state index is 13.1. The first-order valence-corrected chi connectivity index (χ1v) is 8.86. The lowest BCUT2D eigenvalue weighted by Gasteiger charge is -2.27. The Hall–Kier alpha value is -2.46. The normalized spacial score (nSPS) is 14.3. The fourth-order valence-electron chi connectivity index (χ4n) is 3.09. The summed E-state index contributed by atoms with van der Waals surface area (Å²) in [6.45, 7) is 12.7. The van der Waals surface area contributed by atoms with Gasteiger partial charge < -0.3 is 0 Å². The zero-order valence-electron chi connectivity index (χ0n) is 16.3. The molecule has 0 aliphatic carbocycles. The number of Topliss-reactive ketones (excluding diaryl/α,β-unsaturated/α-hetero) is 1. The molecule has 0 unspecified atom stereocenters. The predicted molar refractivity (Wildman–Crippen MR) is 106 cm³/mol. The molecule has 4 heteroatoms. The topological polar surface area (TPSA) is 52.9 Å². The summed E-state index contributed by atoms with van der Waals surface area (Å²) in [6.07, 6.45) is 0. The molecule has 0 bridgehead atoms. The van der Waals surface area contributed by atoms with Gasteiger partial charge in [0.2, 0.25) is 11.6 Å². The van der Waals surface area contributed by atoms with Crippen LogP contribution >= 0.6 is 0 Å². The summed E-state index contributed by atoms with van der Waals surface area (Å²) < 4.78 is 0. The van der Waals surface area contributed by atoms with Gasteiger partial charge in [0.25, 0.3) is 0 Å². The van der Waals surface area contributed by atoms with E-state index in [0.29, 0.717) is 16.9 Å². The molecule has 2 aromatic rings. The van der Waals surface area contributed by atoms with Crippen molar-refractivity contribution in [2.45, 2.75) is 52.4 Å². The summed E-state index contributed by atoms with van der Waals surface area (Å²) in [7, 11) is 0. The number of anilines is 1. The lowest BCUT2D eigenvalue weighted by Crippen LogP contribution is -2.32. The van der Waals surface area contributed by atoms with Gasteiger partial charge in [-0.25, -0.2) is 10.1 Å². The molecular formula is C22H26N2O2. The summed E-state index contributed by atoms with van der Waals surface area (Å²) in [5, 5.41) is 11.4. The van der Waals surface area contributed by atoms with E-state index in [-0.39, 0.29) is 22.4 Å². The fraction of sp³-hybridized carbons (Fsp3) is 0.364. The van der Waals surface area contributed by atoms with E-state index in [1.165, 1.54) is 0 Å². The average molecular weight is 350 g/mol. The number of carbonyl (C=O) groups excluding carboxylic acids is 1. The lowest BCUT2D eigenvalue weighted by atomic mass is 9.77. The Balaban J connectivity index is 2.15. The molecule has 26 heavy (non-hydrogen) atoms. The second-order valence-electron chi connectivity index (χ2n) is 8.83. The molecule has 0 spiro atoms. The smallest absolute Gasteiger partial charge is 0.233 e. The second kappa shape index (κ2) is 6.06. The first kappa shape index (κ1) is 18.3. The summed E-state index contributed by atoms with van der Waals surface area (Å²) in [5.74, 6) is -0.195. The Morgan fingerprint density at radius 2 is 1.54 bits per heavy atom. The van der Waals surface area contributed by atoms with Crippen LogP contribution in [0.4, 0.5) is 11.4 Å². The van der Waals surface area contributed by atoms with Crippen LogP contribution in [0.2, 0.25) is 0 Å². The van der Waals surface area contributed by atoms with Crippen molar-refractivity contribution in [2.75, 3.05) is 5.06 Å². The van der Waals surface area contributed by atoms with Crippen LogP contribution < -0.4 is 5.06 Å². The molecule has 4 nitrogen and oxygen atoms in total. The van der Waals surface area contributed by atoms with Crippen molar-refractivity contribution in [3.63, 3.8) is 0 Å². The Kier molecular flexibility index (Phi) is 4.27. The van der Waals surface area contributed by atoms with Crippen molar-refractivity contribution in [1.29, 1.82) is 0 Å². The summed E-state index contributed by atoms with van der Waals surface area (Å²) in [4.78, 5) is 17.6. The number of hydroxylamine groups is 1. The molecule has 0 saturated carbocycles. The molecule has 0 fully saturated rings. The predicted octanol–water partition coefficient (Wildman–Crippen LogP) is 5.40. The molecule has 0 atom stereocenters. The highest BCUT2D eigenvalue weighted by Crippen LogP contribution is 2.40. The van der Waals surface area contributed by atoms with E-state index in [9.17, 15) is 10.0 Å². The van der Waals surface area contributed by atoms with Gasteiger partial charge in [-0.1, -0.05) is 65.8 Å². The van der Waals surface area contributed by atoms with Gasteiger partial charge in [0.1, 0.15) is 0 Å². The minimum Gasteiger partial charge on any atom is -0.285 e. The van der Waals surface area contributed by atoms with Gasteiger partial charge in [0.05, 0.1) is 16.9 Å². The molecule has 0 saturated heterocycles. The van der Waals surface area contributed by atoms with Crippen molar-refractivity contribution in [2.24, 2.45) is 4.99 Å². The van der Waals surface area contributed by atoms with Crippen molar-refractivity contribution >= 4 is 23.0 Å². The monoisotopic (exact) mass is 350 g/mol. The first-order chi connectivity index (χ1) is 12.0. The van der Waals surface area contributed by atoms with Crippen LogP contribution in [0.1, 0.15) is 63.0 Å². The van der Waals surface area contributed by atoms with Gasteiger partial charge in [0, 0.05) is 0 Å². The van der Waals surface area contributed by atoms with Gasteiger partial charge in [0.15, 0.2) is 0 Å². The van der Waals surface area contributed by atoms with Crippen LogP contribution in [0.3, 0.4) is 0 Å². The summed E-state index contributed by atoms with van der Waals surface area (Å²) in [6, 6.07) is 13.0. The van der Waals surface area contributed by atoms with Gasteiger partial charge in [-0.3, -0.25) is 10.0 Å². The van der Waals surface area contributed by atoms with E-state index in [1.807, 2.05) is 24.3 Å². The van der Waals surface area contributed by atoms with E-state index in [2.05, 4.69) is 52.6 Å². The minimum absolute atomic E-state index is 0.0442. The average Bonchev–Trinajstić information content (AvgIpc) is 2.89. The molecule has 0 aromatic heterocycles. The van der Waals surface area contributed by atoms with E-state index in [1.54, 1.807) is 12.1 Å². The second-order valence-corrected chi connectivity index (χ2v) is 8.83. The van der Waals surface area contributed by atoms with Crippen molar-refractivity contribution < 1.29 is 10.0 Å². The van der Waals surface area contributed by atoms with Gasteiger partial charge in [-0.15, -0.1) is 0 Å². The number of benzene rings is 2. The Labute approximate surface area is 155 Å². The molecule has 1 N–H and O–H groups in total. The summed E-state index contributed by atoms with van der Waals surface area (Å²) in [5.41, 5.74) is 3.56. The van der Waals surface area contributed by atoms with Crippen LogP contribution in [0.5, 0.6) is 0 Å². The van der Waals surface area contributed by atoms with Crippen LogP contribution in [-0.2, 0) is 10.8 Å². The van der Waals surface area contributed by atoms with E-state index >= 15 is 0 Å². The number of carbonyl (C=O) groups is 1. The highest BCUT2D eigenvalue weighted by molar-refractivity contribution is 6.52. The fourth-order valence-corrected chi connectivity index (χ4v) is 3.09. The van der Waals surface area contributed by atoms with Crippen LogP contribution in [0.15, 0.2) is 47.5 Å². The number of aliphatic imine (C=N–C) groups is 1. The highest BCUT2D eigenvalue weighted by atomic mass is 16.5. The number of rotatable bonds is 1. The Morgan fingerprint density at radius 1 is 0.923 bits per heavy atom. The SMILES string of the molecule is CC(C)(C)c1cc2c(c(C(C)(C)C)c1)C(=O)C(N(O)c1ccccc1)=N2. The quantitative estimate of drug-likeness (QED) is 0.700. The third kappa shape index (κ3) is 3.17. The number of ketones is 1. The zero-order valence-corrected chi connectivity index (χ0v) is 16.3. The van der Waals surface area contributed by atoms with Crippen molar-refractivity contribution in [1.82, 2.24) is 0 Å². The first-order valence-electron chi connectivity index (χ1n) is 8.86.